The van der Waals surface area contributed by atoms with Gasteiger partial charge in [0, 0.05) is 12.1 Å². The monoisotopic (exact) mass is 227 g/mol. The third-order valence-electron chi connectivity index (χ3n) is 4.50. The van der Waals surface area contributed by atoms with Crippen molar-refractivity contribution in [2.45, 2.75) is 78.0 Å². The largest absolute Gasteiger partial charge is 0.392 e. The molecule has 96 valence electrons. The molecule has 0 bridgehead atoms. The second-order valence-electron chi connectivity index (χ2n) is 6.28. The van der Waals surface area contributed by atoms with E-state index in [0.29, 0.717) is 11.5 Å². The Kier molecular flexibility index (Phi) is 4.81. The van der Waals surface area contributed by atoms with E-state index in [0.717, 1.165) is 6.42 Å². The average Bonchev–Trinajstić information content (AvgIpc) is 2.26. The quantitative estimate of drug-likeness (QED) is 0.798. The Morgan fingerprint density at radius 2 is 1.81 bits per heavy atom. The van der Waals surface area contributed by atoms with E-state index in [1.54, 1.807) is 0 Å². The fourth-order valence-corrected chi connectivity index (χ4v) is 2.74. The maximum absolute atomic E-state index is 9.89. The summed E-state index contributed by atoms with van der Waals surface area (Å²) in [7, 11) is 2.17. The summed E-state index contributed by atoms with van der Waals surface area (Å²) in [4.78, 5) is 2.39. The van der Waals surface area contributed by atoms with Crippen LogP contribution in [0.15, 0.2) is 0 Å². The van der Waals surface area contributed by atoms with Gasteiger partial charge in [0.05, 0.1) is 6.10 Å². The van der Waals surface area contributed by atoms with Gasteiger partial charge in [-0.3, -0.25) is 4.90 Å². The van der Waals surface area contributed by atoms with Crippen LogP contribution in [0.2, 0.25) is 0 Å². The molecular formula is C14H29NO. The summed E-state index contributed by atoms with van der Waals surface area (Å²) in [5.74, 6) is 0. The van der Waals surface area contributed by atoms with Crippen LogP contribution < -0.4 is 0 Å². The molecule has 2 heteroatoms. The number of hydrogen-bond donors (Lipinski definition) is 1. The van der Waals surface area contributed by atoms with Gasteiger partial charge in [0.25, 0.3) is 0 Å². The summed E-state index contributed by atoms with van der Waals surface area (Å²) in [6, 6.07) is 0.959. The van der Waals surface area contributed by atoms with Crippen molar-refractivity contribution in [2.75, 3.05) is 7.05 Å². The molecule has 1 rings (SSSR count). The number of rotatable bonds is 4. The highest BCUT2D eigenvalue weighted by molar-refractivity contribution is 4.85. The van der Waals surface area contributed by atoms with Crippen LogP contribution in [0, 0.1) is 5.41 Å². The van der Waals surface area contributed by atoms with Crippen molar-refractivity contribution < 1.29 is 5.11 Å². The molecule has 1 aliphatic carbocycles. The maximum atomic E-state index is 9.89. The lowest BCUT2D eigenvalue weighted by Crippen LogP contribution is -2.46. The van der Waals surface area contributed by atoms with Crippen LogP contribution in [-0.4, -0.2) is 35.2 Å². The molecule has 0 aromatic carbocycles. The fourth-order valence-electron chi connectivity index (χ4n) is 2.74. The minimum absolute atomic E-state index is 0.181. The Bertz CT molecular complexity index is 205. The van der Waals surface area contributed by atoms with Crippen LogP contribution in [0.5, 0.6) is 0 Å². The van der Waals surface area contributed by atoms with E-state index in [2.05, 4.69) is 39.6 Å². The second-order valence-corrected chi connectivity index (χ2v) is 6.28. The Labute approximate surface area is 101 Å². The van der Waals surface area contributed by atoms with Crippen LogP contribution in [0.3, 0.4) is 0 Å². The minimum Gasteiger partial charge on any atom is -0.392 e. The molecule has 2 atom stereocenters. The van der Waals surface area contributed by atoms with E-state index >= 15 is 0 Å². The second kappa shape index (κ2) is 5.50. The van der Waals surface area contributed by atoms with Gasteiger partial charge in [-0.1, -0.05) is 20.8 Å². The van der Waals surface area contributed by atoms with Crippen LogP contribution in [0.25, 0.3) is 0 Å². The Hall–Kier alpha value is -0.0800. The molecule has 1 fully saturated rings. The number of nitrogens with zero attached hydrogens (tertiary/aromatic N) is 1. The SMILES string of the molecule is CCC(O)C(C)N(C)C1CCC(C)(C)CC1. The number of aliphatic hydroxyl groups is 1. The maximum Gasteiger partial charge on any atom is 0.0690 e. The van der Waals surface area contributed by atoms with E-state index in [1.807, 2.05) is 0 Å². The predicted octanol–water partition coefficient (Wildman–Crippen LogP) is 3.05. The molecule has 0 spiro atoms. The zero-order valence-electron chi connectivity index (χ0n) is 11.7. The van der Waals surface area contributed by atoms with Crippen molar-refractivity contribution >= 4 is 0 Å². The topological polar surface area (TPSA) is 23.5 Å². The first kappa shape index (κ1) is 14.0. The molecule has 1 saturated carbocycles. The normalized spacial score (nSPS) is 25.7. The van der Waals surface area contributed by atoms with Crippen molar-refractivity contribution in [1.29, 1.82) is 0 Å². The zero-order valence-corrected chi connectivity index (χ0v) is 11.7. The number of aliphatic hydroxyl groups excluding tert-OH is 1. The first-order valence-corrected chi connectivity index (χ1v) is 6.77. The molecule has 0 aromatic heterocycles. The van der Waals surface area contributed by atoms with Crippen molar-refractivity contribution in [2.24, 2.45) is 5.41 Å². The third-order valence-corrected chi connectivity index (χ3v) is 4.50. The molecule has 0 heterocycles. The third kappa shape index (κ3) is 3.46. The molecular weight excluding hydrogens is 198 g/mol. The smallest absolute Gasteiger partial charge is 0.0690 e. The Balaban J connectivity index is 2.47. The highest BCUT2D eigenvalue weighted by Crippen LogP contribution is 2.37. The molecule has 2 nitrogen and oxygen atoms in total. The van der Waals surface area contributed by atoms with Crippen molar-refractivity contribution in [3.05, 3.63) is 0 Å². The summed E-state index contributed by atoms with van der Waals surface area (Å²) < 4.78 is 0. The minimum atomic E-state index is -0.181. The van der Waals surface area contributed by atoms with Gasteiger partial charge in [-0.05, 0) is 51.5 Å². The number of hydrogen-bond acceptors (Lipinski definition) is 2. The van der Waals surface area contributed by atoms with Crippen LogP contribution in [-0.2, 0) is 0 Å². The lowest BCUT2D eigenvalue weighted by atomic mass is 9.75. The van der Waals surface area contributed by atoms with E-state index in [-0.39, 0.29) is 12.1 Å². The van der Waals surface area contributed by atoms with Gasteiger partial charge in [0.2, 0.25) is 0 Å². The lowest BCUT2D eigenvalue weighted by Gasteiger charge is -2.42. The number of likely N-dealkylation sites (N-methyl/N-ethyl adjacent to an activating group) is 1. The predicted molar refractivity (Wildman–Crippen MR) is 69.6 cm³/mol. The average molecular weight is 227 g/mol. The highest BCUT2D eigenvalue weighted by atomic mass is 16.3. The van der Waals surface area contributed by atoms with Crippen molar-refractivity contribution in [3.63, 3.8) is 0 Å². The van der Waals surface area contributed by atoms with E-state index in [4.69, 9.17) is 0 Å². The van der Waals surface area contributed by atoms with Gasteiger partial charge in [-0.2, -0.15) is 0 Å². The van der Waals surface area contributed by atoms with Gasteiger partial charge < -0.3 is 5.11 Å². The van der Waals surface area contributed by atoms with Crippen molar-refractivity contribution in [1.82, 2.24) is 4.90 Å². The van der Waals surface area contributed by atoms with E-state index in [1.165, 1.54) is 25.7 Å². The molecule has 1 N–H and O–H groups in total. The molecule has 1 aliphatic rings. The Morgan fingerprint density at radius 3 is 2.25 bits per heavy atom. The van der Waals surface area contributed by atoms with Crippen LogP contribution >= 0.6 is 0 Å². The van der Waals surface area contributed by atoms with Gasteiger partial charge in [0.1, 0.15) is 0 Å². The zero-order chi connectivity index (χ0) is 12.3. The summed E-state index contributed by atoms with van der Waals surface area (Å²) in [6.07, 6.45) is 5.87. The molecule has 0 aliphatic heterocycles. The molecule has 0 aromatic rings. The molecule has 0 radical (unpaired) electrons. The van der Waals surface area contributed by atoms with Crippen LogP contribution in [0.1, 0.15) is 59.8 Å². The fraction of sp³-hybridized carbons (Fsp3) is 1.00. The highest BCUT2D eigenvalue weighted by Gasteiger charge is 2.31. The van der Waals surface area contributed by atoms with Gasteiger partial charge in [0.15, 0.2) is 0 Å². The standard InChI is InChI=1S/C14H29NO/c1-6-13(16)11(2)15(5)12-7-9-14(3,4)10-8-12/h11-13,16H,6-10H2,1-5H3. The molecule has 16 heavy (non-hydrogen) atoms. The first-order chi connectivity index (χ1) is 7.37. The van der Waals surface area contributed by atoms with E-state index < -0.39 is 0 Å². The summed E-state index contributed by atoms with van der Waals surface area (Å²) >= 11 is 0. The van der Waals surface area contributed by atoms with Crippen molar-refractivity contribution in [3.8, 4) is 0 Å². The summed E-state index contributed by atoms with van der Waals surface area (Å²) in [5.41, 5.74) is 0.532. The van der Waals surface area contributed by atoms with Crippen LogP contribution in [0.4, 0.5) is 0 Å². The summed E-state index contributed by atoms with van der Waals surface area (Å²) in [5, 5.41) is 9.89. The van der Waals surface area contributed by atoms with Gasteiger partial charge >= 0.3 is 0 Å². The van der Waals surface area contributed by atoms with E-state index in [9.17, 15) is 5.11 Å². The first-order valence-electron chi connectivity index (χ1n) is 6.77. The molecule has 0 amide bonds. The van der Waals surface area contributed by atoms with Gasteiger partial charge in [-0.15, -0.1) is 0 Å². The molecule has 2 unspecified atom stereocenters. The molecule has 0 saturated heterocycles. The Morgan fingerprint density at radius 1 is 1.31 bits per heavy atom. The lowest BCUT2D eigenvalue weighted by molar-refractivity contribution is 0.0257. The van der Waals surface area contributed by atoms with Gasteiger partial charge in [-0.25, -0.2) is 0 Å². The summed E-state index contributed by atoms with van der Waals surface area (Å²) in [6.45, 7) is 8.94.